The number of anilines is 1. The van der Waals surface area contributed by atoms with Crippen LogP contribution in [0, 0.1) is 6.92 Å². The topological polar surface area (TPSA) is 131 Å². The van der Waals surface area contributed by atoms with Crippen LogP contribution < -0.4 is 19.1 Å². The van der Waals surface area contributed by atoms with Gasteiger partial charge in [0.25, 0.3) is 5.78 Å². The quantitative estimate of drug-likeness (QED) is 0.308. The van der Waals surface area contributed by atoms with Crippen molar-refractivity contribution in [2.75, 3.05) is 26.2 Å². The Morgan fingerprint density at radius 3 is 2.29 bits per heavy atom. The number of aromatic nitrogens is 2. The molecule has 0 radical (unpaired) electrons. The summed E-state index contributed by atoms with van der Waals surface area (Å²) in [6.45, 7) is 1.72. The maximum Gasteiger partial charge on any atom is 0.301 e. The third-order valence-corrected chi connectivity index (χ3v) is 6.18. The molecule has 0 unspecified atom stereocenters. The first-order valence-electron chi connectivity index (χ1n) is 10.0. The van der Waals surface area contributed by atoms with Crippen LogP contribution in [0.5, 0.6) is 23.0 Å². The predicted octanol–water partition coefficient (Wildman–Crippen LogP) is 3.20. The lowest BCUT2D eigenvalue weighted by Gasteiger charge is -2.23. The molecule has 2 N–H and O–H groups in total. The van der Waals surface area contributed by atoms with E-state index in [2.05, 4.69) is 10.2 Å². The molecule has 3 aromatic rings. The molecule has 0 saturated carbocycles. The number of benzene rings is 2. The van der Waals surface area contributed by atoms with Crippen LogP contribution in [0.25, 0.3) is 5.76 Å². The number of phenolic OH excluding ortho intramolecular Hbond substituents is 1. The van der Waals surface area contributed by atoms with Crippen LogP contribution in [0.4, 0.5) is 5.13 Å². The molecule has 0 aliphatic carbocycles. The van der Waals surface area contributed by atoms with E-state index in [1.165, 1.54) is 50.5 Å². The average Bonchev–Trinajstić information content (AvgIpc) is 3.38. The minimum atomic E-state index is -1.05. The zero-order valence-corrected chi connectivity index (χ0v) is 19.5. The summed E-state index contributed by atoms with van der Waals surface area (Å²) >= 11 is 1.13. The van der Waals surface area contributed by atoms with Gasteiger partial charge in [-0.05, 0) is 42.8 Å². The highest BCUT2D eigenvalue weighted by Gasteiger charge is 2.48. The van der Waals surface area contributed by atoms with Crippen LogP contribution in [0.1, 0.15) is 22.2 Å². The Bertz CT molecular complexity index is 1320. The largest absolute Gasteiger partial charge is 0.507 e. The summed E-state index contributed by atoms with van der Waals surface area (Å²) in [5, 5.41) is 30.1. The van der Waals surface area contributed by atoms with Crippen molar-refractivity contribution in [3.63, 3.8) is 0 Å². The van der Waals surface area contributed by atoms with E-state index in [9.17, 15) is 19.8 Å². The second-order valence-corrected chi connectivity index (χ2v) is 8.43. The van der Waals surface area contributed by atoms with E-state index >= 15 is 0 Å². The number of hydrogen-bond donors (Lipinski definition) is 2. The van der Waals surface area contributed by atoms with Crippen molar-refractivity contribution in [2.24, 2.45) is 0 Å². The van der Waals surface area contributed by atoms with Crippen LogP contribution >= 0.6 is 11.3 Å². The fraction of sp³-hybridized carbons (Fsp3) is 0.217. The Kier molecular flexibility index (Phi) is 6.12. The van der Waals surface area contributed by atoms with Gasteiger partial charge in [-0.15, -0.1) is 10.2 Å². The Hall–Kier alpha value is -4.12. The molecular formula is C23H21N3O7S. The minimum Gasteiger partial charge on any atom is -0.507 e. The van der Waals surface area contributed by atoms with Crippen LogP contribution in [-0.4, -0.2) is 53.4 Å². The molecule has 1 fully saturated rings. The van der Waals surface area contributed by atoms with E-state index < -0.39 is 23.5 Å². The minimum absolute atomic E-state index is 0.116. The van der Waals surface area contributed by atoms with Gasteiger partial charge in [0, 0.05) is 5.56 Å². The van der Waals surface area contributed by atoms with Crippen molar-refractivity contribution in [3.05, 3.63) is 58.1 Å². The highest BCUT2D eigenvalue weighted by Crippen LogP contribution is 2.45. The number of aliphatic hydroxyl groups is 1. The molecule has 1 aliphatic heterocycles. The number of amides is 1. The molecule has 176 valence electrons. The molecule has 4 rings (SSSR count). The summed E-state index contributed by atoms with van der Waals surface area (Å²) in [4.78, 5) is 27.5. The van der Waals surface area contributed by atoms with Gasteiger partial charge in [0.1, 0.15) is 10.8 Å². The van der Waals surface area contributed by atoms with Gasteiger partial charge in [0.05, 0.1) is 32.9 Å². The third-order valence-electron chi connectivity index (χ3n) is 5.34. The molecule has 1 saturated heterocycles. The van der Waals surface area contributed by atoms with E-state index in [1.54, 1.807) is 19.1 Å². The Labute approximate surface area is 198 Å². The monoisotopic (exact) mass is 483 g/mol. The second kappa shape index (κ2) is 9.02. The van der Waals surface area contributed by atoms with Crippen molar-refractivity contribution in [1.82, 2.24) is 10.2 Å². The maximum atomic E-state index is 13.2. The molecule has 1 aliphatic rings. The van der Waals surface area contributed by atoms with Gasteiger partial charge in [-0.25, -0.2) is 0 Å². The highest BCUT2D eigenvalue weighted by molar-refractivity contribution is 7.15. The number of phenols is 1. The molecule has 34 heavy (non-hydrogen) atoms. The van der Waals surface area contributed by atoms with E-state index in [4.69, 9.17) is 14.2 Å². The molecular weight excluding hydrogens is 462 g/mol. The summed E-state index contributed by atoms with van der Waals surface area (Å²) < 4.78 is 15.7. The normalized spacial score (nSPS) is 17.2. The van der Waals surface area contributed by atoms with Gasteiger partial charge in [0.15, 0.2) is 23.0 Å². The molecule has 2 aromatic carbocycles. The number of Topliss-reactive ketones (excluding diaryl/α,β-unsaturated/α-hetero) is 1. The smallest absolute Gasteiger partial charge is 0.301 e. The second-order valence-electron chi connectivity index (χ2n) is 7.27. The number of ketones is 1. The molecule has 0 bridgehead atoms. The lowest BCUT2D eigenvalue weighted by molar-refractivity contribution is -0.132. The van der Waals surface area contributed by atoms with Crippen molar-refractivity contribution < 1.29 is 34.0 Å². The summed E-state index contributed by atoms with van der Waals surface area (Å²) in [6.07, 6.45) is 0. The highest BCUT2D eigenvalue weighted by atomic mass is 32.1. The number of carbonyl (C=O) groups excluding carboxylic acids is 2. The zero-order valence-electron chi connectivity index (χ0n) is 18.7. The van der Waals surface area contributed by atoms with E-state index in [1.807, 2.05) is 0 Å². The van der Waals surface area contributed by atoms with Crippen molar-refractivity contribution in [2.45, 2.75) is 13.0 Å². The van der Waals surface area contributed by atoms with Gasteiger partial charge in [-0.1, -0.05) is 17.4 Å². The van der Waals surface area contributed by atoms with E-state index in [-0.39, 0.29) is 27.8 Å². The standard InChI is InChI=1S/C23H21N3O7S/c1-11-24-25-23(34-11)26-19(12-5-7-14(27)16(9-12)32-3)18(21(29)22(26)30)20(28)13-6-8-15(31-2)17(10-13)33-4/h5-10,19,27-28H,1-4H3/t19-/m0/s1. The first kappa shape index (κ1) is 23.1. The van der Waals surface area contributed by atoms with Gasteiger partial charge < -0.3 is 24.4 Å². The summed E-state index contributed by atoms with van der Waals surface area (Å²) in [5.41, 5.74) is 0.515. The number of aromatic hydroxyl groups is 1. The number of hydrogen-bond acceptors (Lipinski definition) is 10. The summed E-state index contributed by atoms with van der Waals surface area (Å²) in [5.74, 6) is -1.36. The number of nitrogens with zero attached hydrogens (tertiary/aromatic N) is 3. The Morgan fingerprint density at radius 1 is 0.971 bits per heavy atom. The Balaban J connectivity index is 1.96. The SMILES string of the molecule is COc1cc([C@H]2C(=C(O)c3ccc(OC)c(OC)c3)C(=O)C(=O)N2c2nnc(C)s2)ccc1O. The molecule has 1 amide bonds. The molecule has 2 heterocycles. The zero-order chi connectivity index (χ0) is 24.6. The van der Waals surface area contributed by atoms with Gasteiger partial charge in [0.2, 0.25) is 5.13 Å². The van der Waals surface area contributed by atoms with Crippen molar-refractivity contribution in [1.29, 1.82) is 0 Å². The predicted molar refractivity (Wildman–Crippen MR) is 124 cm³/mol. The third kappa shape index (κ3) is 3.79. The number of methoxy groups -OCH3 is 3. The molecule has 11 heteroatoms. The number of rotatable bonds is 6. The van der Waals surface area contributed by atoms with E-state index in [0.29, 0.717) is 22.1 Å². The van der Waals surface area contributed by atoms with Crippen LogP contribution in [0.2, 0.25) is 0 Å². The van der Waals surface area contributed by atoms with Crippen molar-refractivity contribution in [3.8, 4) is 23.0 Å². The summed E-state index contributed by atoms with van der Waals surface area (Å²) in [6, 6.07) is 8.01. The molecule has 1 aromatic heterocycles. The number of ether oxygens (including phenoxy) is 3. The lowest BCUT2D eigenvalue weighted by Crippen LogP contribution is -2.29. The number of carbonyl (C=O) groups is 2. The lowest BCUT2D eigenvalue weighted by atomic mass is 9.95. The van der Waals surface area contributed by atoms with Gasteiger partial charge in [-0.2, -0.15) is 0 Å². The maximum absolute atomic E-state index is 13.2. The molecule has 10 nitrogen and oxygen atoms in total. The first-order valence-corrected chi connectivity index (χ1v) is 10.8. The van der Waals surface area contributed by atoms with E-state index in [0.717, 1.165) is 11.3 Å². The van der Waals surface area contributed by atoms with Crippen LogP contribution in [0.3, 0.4) is 0 Å². The molecule has 0 spiro atoms. The van der Waals surface area contributed by atoms with Gasteiger partial charge in [-0.3, -0.25) is 14.5 Å². The Morgan fingerprint density at radius 2 is 1.68 bits per heavy atom. The number of aryl methyl sites for hydroxylation is 1. The van der Waals surface area contributed by atoms with Crippen LogP contribution in [-0.2, 0) is 9.59 Å². The van der Waals surface area contributed by atoms with Gasteiger partial charge >= 0.3 is 5.91 Å². The summed E-state index contributed by atoms with van der Waals surface area (Å²) in [7, 11) is 4.31. The average molecular weight is 484 g/mol. The number of aliphatic hydroxyl groups excluding tert-OH is 1. The molecule has 1 atom stereocenters. The van der Waals surface area contributed by atoms with Crippen LogP contribution in [0.15, 0.2) is 42.0 Å². The fourth-order valence-corrected chi connectivity index (χ4v) is 4.45. The fourth-order valence-electron chi connectivity index (χ4n) is 3.73. The first-order chi connectivity index (χ1) is 16.3. The van der Waals surface area contributed by atoms with Crippen molar-refractivity contribution >= 4 is 33.9 Å².